The zero-order valence-electron chi connectivity index (χ0n) is 14.7. The van der Waals surface area contributed by atoms with Gasteiger partial charge in [0.15, 0.2) is 5.82 Å². The van der Waals surface area contributed by atoms with Gasteiger partial charge in [0.1, 0.15) is 24.2 Å². The molecule has 0 aliphatic rings. The number of nitrogens with zero attached hydrogens (tertiary/aromatic N) is 2. The average molecular weight is 459 g/mol. The fourth-order valence-electron chi connectivity index (χ4n) is 2.69. The summed E-state index contributed by atoms with van der Waals surface area (Å²) in [7, 11) is 3.20. The average Bonchev–Trinajstić information content (AvgIpc) is 2.97. The number of aryl methyl sites for hydroxylation is 1. The molecule has 0 saturated heterocycles. The normalized spacial score (nSPS) is 12.5. The molecule has 1 aromatic heterocycles. The lowest BCUT2D eigenvalue weighted by Gasteiger charge is -2.11. The van der Waals surface area contributed by atoms with E-state index in [-0.39, 0.29) is 24.6 Å². The molecule has 0 spiro atoms. The van der Waals surface area contributed by atoms with Crippen LogP contribution in [0.5, 0.6) is 0 Å². The maximum absolute atomic E-state index is 15.0. The number of aromatic nitrogens is 2. The number of imidazole rings is 1. The summed E-state index contributed by atoms with van der Waals surface area (Å²) in [6, 6.07) is 8.61. The Bertz CT molecular complexity index is 967. The van der Waals surface area contributed by atoms with Gasteiger partial charge in [-0.15, -0.1) is 0 Å². The summed E-state index contributed by atoms with van der Waals surface area (Å²) in [6.45, 7) is 0.0452. The number of aliphatic hydroxyl groups is 1. The molecule has 0 aliphatic heterocycles. The van der Waals surface area contributed by atoms with E-state index in [1.807, 2.05) is 0 Å². The topological polar surface area (TPSA) is 68.5 Å². The van der Waals surface area contributed by atoms with E-state index in [0.29, 0.717) is 22.1 Å². The minimum Gasteiger partial charge on any atom is -0.383 e. The standard InChI is InChI=1S/C18H18BrClFN3O3/c1-24-14-6-5-13(22-12-4-3-10(19)7-11(12)20)16(21)17(14)23-18(24)15(25)8-27-9-26-2/h3-7,15,22,25H,8-9H2,1-2H3. The van der Waals surface area contributed by atoms with Gasteiger partial charge in [-0.25, -0.2) is 9.37 Å². The number of hydrogen-bond acceptors (Lipinski definition) is 5. The van der Waals surface area contributed by atoms with E-state index in [1.54, 1.807) is 41.9 Å². The molecule has 0 amide bonds. The molecule has 1 atom stereocenters. The molecule has 0 aliphatic carbocycles. The molecule has 1 heterocycles. The van der Waals surface area contributed by atoms with Crippen LogP contribution in [0, 0.1) is 5.82 Å². The highest BCUT2D eigenvalue weighted by Gasteiger charge is 2.20. The summed E-state index contributed by atoms with van der Waals surface area (Å²) in [4.78, 5) is 4.27. The Morgan fingerprint density at radius 2 is 2.07 bits per heavy atom. The smallest absolute Gasteiger partial charge is 0.174 e. The zero-order chi connectivity index (χ0) is 19.6. The van der Waals surface area contributed by atoms with Crippen molar-refractivity contribution in [3.05, 3.63) is 51.5 Å². The molecule has 144 valence electrons. The zero-order valence-corrected chi connectivity index (χ0v) is 17.0. The largest absolute Gasteiger partial charge is 0.383 e. The first kappa shape index (κ1) is 20.0. The SMILES string of the molecule is COCOCC(O)c1nc2c(F)c(Nc3ccc(Br)cc3Cl)ccc2n1C. The summed E-state index contributed by atoms with van der Waals surface area (Å²) in [5.41, 5.74) is 1.51. The molecule has 0 radical (unpaired) electrons. The van der Waals surface area contributed by atoms with Crippen LogP contribution in [0.1, 0.15) is 11.9 Å². The molecular formula is C18H18BrClFN3O3. The molecule has 1 unspecified atom stereocenters. The van der Waals surface area contributed by atoms with Crippen molar-refractivity contribution in [3.8, 4) is 0 Å². The van der Waals surface area contributed by atoms with Crippen LogP contribution in [0.4, 0.5) is 15.8 Å². The molecule has 3 aromatic rings. The van der Waals surface area contributed by atoms with E-state index in [1.165, 1.54) is 7.11 Å². The van der Waals surface area contributed by atoms with Gasteiger partial charge in [0, 0.05) is 18.6 Å². The second-order valence-corrected chi connectivity index (χ2v) is 7.19. The van der Waals surface area contributed by atoms with Crippen molar-refractivity contribution in [1.29, 1.82) is 0 Å². The van der Waals surface area contributed by atoms with Crippen LogP contribution in [0.25, 0.3) is 11.0 Å². The highest BCUT2D eigenvalue weighted by molar-refractivity contribution is 9.10. The van der Waals surface area contributed by atoms with Crippen LogP contribution >= 0.6 is 27.5 Å². The van der Waals surface area contributed by atoms with E-state index in [2.05, 4.69) is 26.2 Å². The van der Waals surface area contributed by atoms with E-state index >= 15 is 4.39 Å². The van der Waals surface area contributed by atoms with Gasteiger partial charge in [0.2, 0.25) is 0 Å². The van der Waals surface area contributed by atoms with Crippen LogP contribution in [-0.4, -0.2) is 35.2 Å². The Balaban J connectivity index is 1.92. The van der Waals surface area contributed by atoms with Crippen molar-refractivity contribution in [3.63, 3.8) is 0 Å². The maximum Gasteiger partial charge on any atom is 0.174 e. The number of fused-ring (bicyclic) bond motifs is 1. The minimum atomic E-state index is -1.01. The number of aliphatic hydroxyl groups excluding tert-OH is 1. The molecule has 27 heavy (non-hydrogen) atoms. The third-order valence-corrected chi connectivity index (χ3v) is 4.81. The third kappa shape index (κ3) is 4.25. The van der Waals surface area contributed by atoms with Gasteiger partial charge >= 0.3 is 0 Å². The maximum atomic E-state index is 15.0. The second-order valence-electron chi connectivity index (χ2n) is 5.87. The van der Waals surface area contributed by atoms with E-state index < -0.39 is 11.9 Å². The molecule has 0 saturated carbocycles. The summed E-state index contributed by atoms with van der Waals surface area (Å²) in [5.74, 6) is -0.225. The van der Waals surface area contributed by atoms with Crippen LogP contribution in [0.15, 0.2) is 34.8 Å². The molecule has 6 nitrogen and oxygen atoms in total. The van der Waals surface area contributed by atoms with E-state index in [0.717, 1.165) is 4.47 Å². The van der Waals surface area contributed by atoms with Crippen molar-refractivity contribution < 1.29 is 19.0 Å². The molecule has 0 bridgehead atoms. The highest BCUT2D eigenvalue weighted by Crippen LogP contribution is 2.32. The molecule has 2 N–H and O–H groups in total. The first-order valence-corrected chi connectivity index (χ1v) is 9.21. The number of halogens is 3. The van der Waals surface area contributed by atoms with Gasteiger partial charge in [0.25, 0.3) is 0 Å². The van der Waals surface area contributed by atoms with Crippen LogP contribution in [0.2, 0.25) is 5.02 Å². The Morgan fingerprint density at radius 1 is 1.33 bits per heavy atom. The number of benzene rings is 2. The molecule has 9 heteroatoms. The fraction of sp³-hybridized carbons (Fsp3) is 0.278. The first-order valence-electron chi connectivity index (χ1n) is 8.04. The lowest BCUT2D eigenvalue weighted by atomic mass is 10.2. The van der Waals surface area contributed by atoms with Gasteiger partial charge in [0.05, 0.1) is 28.5 Å². The molecule has 0 fully saturated rings. The van der Waals surface area contributed by atoms with Crippen molar-refractivity contribution in [2.45, 2.75) is 6.10 Å². The van der Waals surface area contributed by atoms with Gasteiger partial charge in [-0.1, -0.05) is 27.5 Å². The summed E-state index contributed by atoms with van der Waals surface area (Å²) in [5, 5.41) is 13.7. The quantitative estimate of drug-likeness (QED) is 0.402. The lowest BCUT2D eigenvalue weighted by Crippen LogP contribution is -2.13. The Labute approximate surface area is 169 Å². The number of nitrogens with one attached hydrogen (secondary N) is 1. The van der Waals surface area contributed by atoms with Crippen molar-refractivity contribution in [2.24, 2.45) is 7.05 Å². The monoisotopic (exact) mass is 457 g/mol. The highest BCUT2D eigenvalue weighted by atomic mass is 79.9. The van der Waals surface area contributed by atoms with Crippen molar-refractivity contribution in [2.75, 3.05) is 25.8 Å². The Hall–Kier alpha value is -1.71. The number of hydrogen-bond donors (Lipinski definition) is 2. The Morgan fingerprint density at radius 3 is 2.78 bits per heavy atom. The van der Waals surface area contributed by atoms with E-state index in [9.17, 15) is 5.11 Å². The Kier molecular flexibility index (Phi) is 6.33. The summed E-state index contributed by atoms with van der Waals surface area (Å²) >= 11 is 9.52. The van der Waals surface area contributed by atoms with Crippen LogP contribution in [-0.2, 0) is 16.5 Å². The predicted octanol–water partition coefficient (Wildman–Crippen LogP) is 4.53. The van der Waals surface area contributed by atoms with Gasteiger partial charge in [-0.3, -0.25) is 0 Å². The number of methoxy groups -OCH3 is 1. The van der Waals surface area contributed by atoms with Gasteiger partial charge in [-0.05, 0) is 30.3 Å². The van der Waals surface area contributed by atoms with Crippen LogP contribution < -0.4 is 5.32 Å². The lowest BCUT2D eigenvalue weighted by molar-refractivity contribution is -0.0641. The molecular weight excluding hydrogens is 441 g/mol. The van der Waals surface area contributed by atoms with Crippen molar-refractivity contribution in [1.82, 2.24) is 9.55 Å². The molecule has 2 aromatic carbocycles. The van der Waals surface area contributed by atoms with E-state index in [4.69, 9.17) is 21.1 Å². The second kappa shape index (κ2) is 8.53. The van der Waals surface area contributed by atoms with Crippen LogP contribution in [0.3, 0.4) is 0 Å². The minimum absolute atomic E-state index is 0.00771. The number of anilines is 2. The van der Waals surface area contributed by atoms with Crippen molar-refractivity contribution >= 4 is 49.9 Å². The summed E-state index contributed by atoms with van der Waals surface area (Å²) in [6.07, 6.45) is -1.01. The summed E-state index contributed by atoms with van der Waals surface area (Å²) < 4.78 is 27.4. The predicted molar refractivity (Wildman–Crippen MR) is 106 cm³/mol. The van der Waals surface area contributed by atoms with Gasteiger partial charge < -0.3 is 24.5 Å². The first-order chi connectivity index (χ1) is 12.9. The number of ether oxygens (including phenoxy) is 2. The van der Waals surface area contributed by atoms with Gasteiger partial charge in [-0.2, -0.15) is 0 Å². The number of rotatable bonds is 7. The third-order valence-electron chi connectivity index (χ3n) is 4.00. The fourth-order valence-corrected chi connectivity index (χ4v) is 3.41. The molecule has 3 rings (SSSR count).